The lowest BCUT2D eigenvalue weighted by Crippen LogP contribution is -2.35. The van der Waals surface area contributed by atoms with E-state index in [-0.39, 0.29) is 6.09 Å². The molecular formula is C14H19NO3. The zero-order valence-electron chi connectivity index (χ0n) is 10.7. The van der Waals surface area contributed by atoms with Crippen LogP contribution < -0.4 is 0 Å². The second-order valence-corrected chi connectivity index (χ2v) is 4.67. The number of ether oxygens (including phenoxy) is 2. The van der Waals surface area contributed by atoms with Gasteiger partial charge in [0.2, 0.25) is 0 Å². The zero-order chi connectivity index (χ0) is 12.8. The smallest absolute Gasteiger partial charge is 0.410 e. The van der Waals surface area contributed by atoms with Crippen LogP contribution in [0, 0.1) is 5.92 Å². The number of nitrogens with zero attached hydrogens (tertiary/aromatic N) is 1. The van der Waals surface area contributed by atoms with Crippen LogP contribution in [0.3, 0.4) is 0 Å². The topological polar surface area (TPSA) is 38.8 Å². The summed E-state index contributed by atoms with van der Waals surface area (Å²) in [6, 6.07) is 9.71. The van der Waals surface area contributed by atoms with Gasteiger partial charge in [-0.3, -0.25) is 0 Å². The Morgan fingerprint density at radius 2 is 2.22 bits per heavy atom. The lowest BCUT2D eigenvalue weighted by Gasteiger charge is -2.21. The molecule has 1 aromatic carbocycles. The Labute approximate surface area is 107 Å². The zero-order valence-corrected chi connectivity index (χ0v) is 10.7. The molecule has 1 heterocycles. The molecule has 0 saturated carbocycles. The molecule has 0 bridgehead atoms. The summed E-state index contributed by atoms with van der Waals surface area (Å²) in [5.41, 5.74) is 1.00. The molecule has 1 atom stereocenters. The molecule has 0 aromatic heterocycles. The van der Waals surface area contributed by atoms with Crippen molar-refractivity contribution in [3.8, 4) is 0 Å². The Morgan fingerprint density at radius 3 is 3.00 bits per heavy atom. The SMILES string of the molecule is CC1COCCN(C(=O)OCc2ccccc2)C1. The second kappa shape index (κ2) is 6.40. The van der Waals surface area contributed by atoms with E-state index in [1.165, 1.54) is 0 Å². The highest BCUT2D eigenvalue weighted by Gasteiger charge is 2.20. The molecule has 18 heavy (non-hydrogen) atoms. The van der Waals surface area contributed by atoms with Crippen LogP contribution in [-0.2, 0) is 16.1 Å². The van der Waals surface area contributed by atoms with Crippen molar-refractivity contribution in [2.24, 2.45) is 5.92 Å². The van der Waals surface area contributed by atoms with Gasteiger partial charge in [0.05, 0.1) is 13.2 Å². The van der Waals surface area contributed by atoms with Gasteiger partial charge in [-0.2, -0.15) is 0 Å². The van der Waals surface area contributed by atoms with E-state index in [9.17, 15) is 4.79 Å². The predicted molar refractivity (Wildman–Crippen MR) is 68.2 cm³/mol. The molecule has 1 aromatic rings. The highest BCUT2D eigenvalue weighted by molar-refractivity contribution is 5.67. The highest BCUT2D eigenvalue weighted by Crippen LogP contribution is 2.09. The maximum absolute atomic E-state index is 11.9. The summed E-state index contributed by atoms with van der Waals surface area (Å²) in [5.74, 6) is 0.358. The van der Waals surface area contributed by atoms with E-state index in [0.29, 0.717) is 38.8 Å². The van der Waals surface area contributed by atoms with Gasteiger partial charge in [-0.05, 0) is 11.5 Å². The summed E-state index contributed by atoms with van der Waals surface area (Å²) in [5, 5.41) is 0. The fourth-order valence-corrected chi connectivity index (χ4v) is 1.96. The number of amides is 1. The van der Waals surface area contributed by atoms with E-state index < -0.39 is 0 Å². The molecule has 0 N–H and O–H groups in total. The Balaban J connectivity index is 1.83. The lowest BCUT2D eigenvalue weighted by molar-refractivity contribution is 0.0916. The minimum Gasteiger partial charge on any atom is -0.445 e. The van der Waals surface area contributed by atoms with Crippen LogP contribution in [0.2, 0.25) is 0 Å². The maximum atomic E-state index is 11.9. The van der Waals surface area contributed by atoms with Gasteiger partial charge in [-0.15, -0.1) is 0 Å². The van der Waals surface area contributed by atoms with Crippen LogP contribution in [-0.4, -0.2) is 37.3 Å². The normalized spacial score (nSPS) is 20.3. The van der Waals surface area contributed by atoms with Crippen molar-refractivity contribution in [1.82, 2.24) is 4.90 Å². The van der Waals surface area contributed by atoms with Gasteiger partial charge in [0.15, 0.2) is 0 Å². The third kappa shape index (κ3) is 3.74. The van der Waals surface area contributed by atoms with E-state index >= 15 is 0 Å². The first-order chi connectivity index (χ1) is 8.75. The molecule has 1 aliphatic heterocycles. The standard InChI is InChI=1S/C14H19NO3/c1-12-9-15(7-8-17-10-12)14(16)18-11-13-5-3-2-4-6-13/h2-6,12H,7-11H2,1H3. The van der Waals surface area contributed by atoms with Crippen molar-refractivity contribution in [3.63, 3.8) is 0 Å². The van der Waals surface area contributed by atoms with Crippen molar-refractivity contribution in [2.45, 2.75) is 13.5 Å². The molecule has 1 amide bonds. The summed E-state index contributed by atoms with van der Waals surface area (Å²) in [4.78, 5) is 13.6. The first-order valence-corrected chi connectivity index (χ1v) is 6.29. The van der Waals surface area contributed by atoms with Crippen LogP contribution in [0.5, 0.6) is 0 Å². The highest BCUT2D eigenvalue weighted by atomic mass is 16.6. The molecule has 2 rings (SSSR count). The van der Waals surface area contributed by atoms with Crippen molar-refractivity contribution in [3.05, 3.63) is 35.9 Å². The van der Waals surface area contributed by atoms with E-state index in [1.54, 1.807) is 4.90 Å². The second-order valence-electron chi connectivity index (χ2n) is 4.67. The first-order valence-electron chi connectivity index (χ1n) is 6.29. The van der Waals surface area contributed by atoms with Crippen molar-refractivity contribution in [2.75, 3.05) is 26.3 Å². The van der Waals surface area contributed by atoms with Crippen LogP contribution in [0.4, 0.5) is 4.79 Å². The van der Waals surface area contributed by atoms with Gasteiger partial charge in [-0.1, -0.05) is 37.3 Å². The first kappa shape index (κ1) is 12.9. The van der Waals surface area contributed by atoms with Crippen molar-refractivity contribution < 1.29 is 14.3 Å². The van der Waals surface area contributed by atoms with Gasteiger partial charge in [0, 0.05) is 13.1 Å². The van der Waals surface area contributed by atoms with Crippen LogP contribution in [0.1, 0.15) is 12.5 Å². The van der Waals surface area contributed by atoms with E-state index in [2.05, 4.69) is 6.92 Å². The van der Waals surface area contributed by atoms with Crippen LogP contribution in [0.25, 0.3) is 0 Å². The van der Waals surface area contributed by atoms with E-state index in [4.69, 9.17) is 9.47 Å². The fraction of sp³-hybridized carbons (Fsp3) is 0.500. The number of carbonyl (C=O) groups excluding carboxylic acids is 1. The Hall–Kier alpha value is -1.55. The van der Waals surface area contributed by atoms with E-state index in [0.717, 1.165) is 5.56 Å². The number of benzene rings is 1. The Morgan fingerprint density at radius 1 is 1.44 bits per heavy atom. The fourth-order valence-electron chi connectivity index (χ4n) is 1.96. The Kier molecular flexibility index (Phi) is 4.59. The predicted octanol–water partition coefficient (Wildman–Crippen LogP) is 2.29. The van der Waals surface area contributed by atoms with Crippen LogP contribution >= 0.6 is 0 Å². The minimum atomic E-state index is -0.254. The molecule has 1 unspecified atom stereocenters. The maximum Gasteiger partial charge on any atom is 0.410 e. The molecule has 1 saturated heterocycles. The van der Waals surface area contributed by atoms with Crippen molar-refractivity contribution in [1.29, 1.82) is 0 Å². The summed E-state index contributed by atoms with van der Waals surface area (Å²) in [6.45, 7) is 5.01. The lowest BCUT2D eigenvalue weighted by atomic mass is 10.2. The molecule has 0 radical (unpaired) electrons. The summed E-state index contributed by atoms with van der Waals surface area (Å²) in [6.07, 6.45) is -0.254. The monoisotopic (exact) mass is 249 g/mol. The molecule has 0 spiro atoms. The average Bonchev–Trinajstić information content (AvgIpc) is 2.62. The van der Waals surface area contributed by atoms with Gasteiger partial charge in [-0.25, -0.2) is 4.79 Å². The number of hydrogen-bond donors (Lipinski definition) is 0. The summed E-state index contributed by atoms with van der Waals surface area (Å²) >= 11 is 0. The average molecular weight is 249 g/mol. The van der Waals surface area contributed by atoms with Gasteiger partial charge < -0.3 is 14.4 Å². The quantitative estimate of drug-likeness (QED) is 0.807. The Bertz CT molecular complexity index is 380. The molecule has 4 nitrogen and oxygen atoms in total. The van der Waals surface area contributed by atoms with Crippen molar-refractivity contribution >= 4 is 6.09 Å². The van der Waals surface area contributed by atoms with E-state index in [1.807, 2.05) is 30.3 Å². The summed E-state index contributed by atoms with van der Waals surface area (Å²) in [7, 11) is 0. The number of hydrogen-bond acceptors (Lipinski definition) is 3. The van der Waals surface area contributed by atoms with Gasteiger partial charge in [0.25, 0.3) is 0 Å². The molecule has 1 fully saturated rings. The molecular weight excluding hydrogens is 230 g/mol. The summed E-state index contributed by atoms with van der Waals surface area (Å²) < 4.78 is 10.7. The van der Waals surface area contributed by atoms with Crippen LogP contribution in [0.15, 0.2) is 30.3 Å². The number of rotatable bonds is 2. The van der Waals surface area contributed by atoms with Gasteiger partial charge >= 0.3 is 6.09 Å². The molecule has 4 heteroatoms. The minimum absolute atomic E-state index is 0.254. The third-order valence-electron chi connectivity index (χ3n) is 2.90. The van der Waals surface area contributed by atoms with Gasteiger partial charge in [0.1, 0.15) is 6.61 Å². The molecule has 1 aliphatic rings. The molecule has 98 valence electrons. The number of carbonyl (C=O) groups is 1. The largest absolute Gasteiger partial charge is 0.445 e. The third-order valence-corrected chi connectivity index (χ3v) is 2.90. The molecule has 0 aliphatic carbocycles.